The van der Waals surface area contributed by atoms with Crippen molar-refractivity contribution in [2.24, 2.45) is 0 Å². The topological polar surface area (TPSA) is 402 Å². The molecule has 0 radical (unpaired) electrons. The number of sulfone groups is 6. The van der Waals surface area contributed by atoms with E-state index in [0.29, 0.717) is 44.2 Å². The van der Waals surface area contributed by atoms with Crippen molar-refractivity contribution in [1.29, 1.82) is 5.26 Å². The van der Waals surface area contributed by atoms with Crippen molar-refractivity contribution in [1.82, 2.24) is 0 Å². The van der Waals surface area contributed by atoms with E-state index in [1.807, 2.05) is 25.1 Å². The summed E-state index contributed by atoms with van der Waals surface area (Å²) < 4.78 is 160. The van der Waals surface area contributed by atoms with E-state index in [4.69, 9.17) is 60.1 Å². The Labute approximate surface area is 795 Å². The summed E-state index contributed by atoms with van der Waals surface area (Å²) in [6.45, 7) is 1.92. The van der Waals surface area contributed by atoms with Gasteiger partial charge in [-0.3, -0.25) is 10.1 Å². The number of aryl methyl sites for hydroxylation is 1. The lowest BCUT2D eigenvalue weighted by molar-refractivity contribution is -0.384. The van der Waals surface area contributed by atoms with Crippen LogP contribution in [0.1, 0.15) is 115 Å². The molecule has 12 aromatic rings. The molecule has 6 N–H and O–H groups in total. The molecule has 0 heterocycles. The Morgan fingerprint density at radius 2 is 0.519 bits per heavy atom. The minimum Gasteiger partial charge on any atom is -0.497 e. The predicted molar refractivity (Wildman–Crippen MR) is 521 cm³/mol. The Bertz CT molecular complexity index is 6770. The molecule has 0 saturated heterocycles. The number of aliphatic hydroxyl groups excluding tert-OH is 6. The molecule has 0 aliphatic rings. The van der Waals surface area contributed by atoms with E-state index in [2.05, 4.69) is 35.5 Å². The van der Waals surface area contributed by atoms with Crippen LogP contribution in [0.25, 0.3) is 0 Å². The van der Waals surface area contributed by atoms with E-state index < -0.39 is 132 Å². The number of hydrogen-bond acceptors (Lipinski definition) is 22. The quantitative estimate of drug-likeness (QED) is 0.0130. The Hall–Kier alpha value is -13.6. The van der Waals surface area contributed by atoms with Gasteiger partial charge in [-0.25, -0.2) is 50.5 Å². The maximum Gasteiger partial charge on any atom is 0.269 e. The highest BCUT2D eigenvalue weighted by atomic mass is 35.5. The lowest BCUT2D eigenvalue weighted by Crippen LogP contribution is -2.26. The molecule has 0 aliphatic carbocycles. The molecule has 696 valence electrons. The normalized spacial score (nSPS) is 13.9. The number of benzene rings is 12. The number of hydrogen-bond donors (Lipinski definition) is 6. The average Bonchev–Trinajstić information content (AvgIpc) is 0.808. The van der Waals surface area contributed by atoms with Crippen LogP contribution in [-0.4, -0.2) is 130 Å². The molecule has 12 unspecified atom stereocenters. The van der Waals surface area contributed by atoms with Gasteiger partial charge in [-0.2, -0.15) is 5.26 Å². The molecule has 0 amide bonds. The van der Waals surface area contributed by atoms with Gasteiger partial charge in [-0.15, -0.1) is 74.1 Å². The molecule has 135 heavy (non-hydrogen) atoms. The number of methoxy groups -OCH3 is 1. The largest absolute Gasteiger partial charge is 0.497 e. The molecule has 30 heteroatoms. The summed E-state index contributed by atoms with van der Waals surface area (Å²) in [5.41, 5.74) is 3.87. The minimum atomic E-state index is -3.92. The van der Waals surface area contributed by atoms with Crippen LogP contribution in [0.3, 0.4) is 0 Å². The molecular formula is C105H97ClN2O21S6. The predicted octanol–water partition coefficient (Wildman–Crippen LogP) is 16.3. The number of non-ortho nitro benzene ring substituents is 1. The van der Waals surface area contributed by atoms with E-state index in [1.54, 1.807) is 200 Å². The van der Waals surface area contributed by atoms with Crippen molar-refractivity contribution < 1.29 is 90.8 Å². The van der Waals surface area contributed by atoms with Gasteiger partial charge in [0.15, 0.2) is 59.0 Å². The number of nitriles is 1. The maximum atomic E-state index is 13.0. The second-order valence-electron chi connectivity index (χ2n) is 29.8. The first-order valence-corrected chi connectivity index (χ1v) is 50.7. The highest BCUT2D eigenvalue weighted by Crippen LogP contribution is 2.41. The van der Waals surface area contributed by atoms with Crippen LogP contribution >= 0.6 is 11.6 Å². The summed E-state index contributed by atoms with van der Waals surface area (Å²) >= 11 is 5.84. The number of halogens is 1. The van der Waals surface area contributed by atoms with Crippen LogP contribution in [0.15, 0.2) is 363 Å². The number of rotatable bonds is 32. The zero-order chi connectivity index (χ0) is 99.1. The van der Waals surface area contributed by atoms with Crippen molar-refractivity contribution in [3.63, 3.8) is 0 Å². The molecule has 12 atom stereocenters. The third-order valence-electron chi connectivity index (χ3n) is 20.5. The highest BCUT2D eigenvalue weighted by molar-refractivity contribution is 7.93. The molecule has 0 aromatic heterocycles. The van der Waals surface area contributed by atoms with Gasteiger partial charge >= 0.3 is 0 Å². The third kappa shape index (κ3) is 29.7. The van der Waals surface area contributed by atoms with E-state index >= 15 is 0 Å². The fraction of sp³-hybridized carbons (Fsp3) is 0.190. The van der Waals surface area contributed by atoms with Gasteiger partial charge in [0, 0.05) is 55.7 Å². The highest BCUT2D eigenvalue weighted by Gasteiger charge is 2.41. The van der Waals surface area contributed by atoms with Crippen molar-refractivity contribution in [2.75, 3.05) is 7.11 Å². The standard InChI is InChI=1S/C18H15NO3S.C18H18O4S.C18H18O3S.C17H15ClO3S.C17H15NO5S.C17H16O3S/c1-2-6-17(20)18(15-11-9-14(13-19)10-12-15)23(21,22)16-7-4-3-5-8-16;1-3-8-17(19)18(14-9-7-10-15(13-14)22-2)23(20,21)16-11-5-4-6-12-16;1-3-7-17(19)18(15-12-10-14(2)11-13-15)22(20,21)16-8-5-4-6-9-16;1-2-6-16(19)17(13-9-11-14(18)12-10-13)22(20,21)15-7-4-3-5-8-15;1-2-6-16(19)17(13-9-11-14(12-10-13)18(20)21)24(22,23)15-7-4-3-5-8-15;1-2-9-16(18)17(14-10-5-3-6-11-14)21(19,20)15-12-7-4-8-13-15/h1,3-5,7-12,17-18,20H,6H2;1,4-7,9-13,17-19H,8H2,2H3;1,4-6,8-13,17-19H,7H2,2H3;1,3-5,7-12,16-17,19H,6H2;1,3-5,7-12,16-17,19H,6H2;1,3-8,10-13,16-18H,9H2. The van der Waals surface area contributed by atoms with Crippen LogP contribution in [0.4, 0.5) is 5.69 Å². The summed E-state index contributed by atoms with van der Waals surface area (Å²) in [4.78, 5) is 11.0. The van der Waals surface area contributed by atoms with Crippen LogP contribution in [-0.2, 0) is 59.0 Å². The van der Waals surface area contributed by atoms with Gasteiger partial charge in [0.25, 0.3) is 5.69 Å². The van der Waals surface area contributed by atoms with E-state index in [-0.39, 0.29) is 79.1 Å². The van der Waals surface area contributed by atoms with E-state index in [9.17, 15) is 91.3 Å². The monoisotopic (exact) mass is 1950 g/mol. The molecule has 12 aromatic carbocycles. The van der Waals surface area contributed by atoms with Crippen molar-refractivity contribution in [3.05, 3.63) is 393 Å². The second-order valence-corrected chi connectivity index (χ2v) is 42.6. The van der Waals surface area contributed by atoms with Gasteiger partial charge in [0.2, 0.25) is 0 Å². The summed E-state index contributed by atoms with van der Waals surface area (Å²) in [5, 5.41) is 74.9. The molecule has 12 rings (SSSR count). The first-order chi connectivity index (χ1) is 64.4. The molecule has 0 saturated carbocycles. The molecule has 0 fully saturated rings. The van der Waals surface area contributed by atoms with Crippen molar-refractivity contribution in [2.45, 2.75) is 143 Å². The number of nitrogens with zero attached hydrogens (tertiary/aromatic N) is 2. The number of aliphatic hydroxyl groups is 6. The fourth-order valence-electron chi connectivity index (χ4n) is 14.0. The lowest BCUT2D eigenvalue weighted by Gasteiger charge is -2.23. The molecule has 23 nitrogen and oxygen atoms in total. The Morgan fingerprint density at radius 3 is 0.748 bits per heavy atom. The van der Waals surface area contributed by atoms with Crippen molar-refractivity contribution in [3.8, 4) is 85.9 Å². The van der Waals surface area contributed by atoms with E-state index in [0.717, 1.165) is 5.56 Å². The number of nitro benzene ring substituents is 1. The van der Waals surface area contributed by atoms with Crippen LogP contribution < -0.4 is 4.74 Å². The lowest BCUT2D eigenvalue weighted by atomic mass is 10.0. The SMILES string of the molecule is C#CCC(O)C(c1ccc(C#N)cc1)S(=O)(=O)c1ccccc1.C#CCC(O)C(c1ccc(C)cc1)S(=O)(=O)c1ccccc1.C#CCC(O)C(c1ccc(Cl)cc1)S(=O)(=O)c1ccccc1.C#CCC(O)C(c1ccc([N+](=O)[O-])cc1)S(=O)(=O)c1ccccc1.C#CCC(O)C(c1cccc(OC)c1)S(=O)(=O)c1ccccc1.C#CCC(O)C(c1ccccc1)S(=O)(=O)c1ccccc1. The Balaban J connectivity index is 0.000000221. The zero-order valence-electron chi connectivity index (χ0n) is 72.9. The van der Waals surface area contributed by atoms with Crippen LogP contribution in [0, 0.1) is 102 Å². The molecule has 0 aliphatic heterocycles. The van der Waals surface area contributed by atoms with Gasteiger partial charge < -0.3 is 35.4 Å². The second kappa shape index (κ2) is 52.2. The van der Waals surface area contributed by atoms with Crippen LogP contribution in [0.5, 0.6) is 5.75 Å². The van der Waals surface area contributed by atoms with Gasteiger partial charge in [0.1, 0.15) is 37.2 Å². The summed E-state index contributed by atoms with van der Waals surface area (Å²) in [5.74, 6) is 14.4. The van der Waals surface area contributed by atoms with Gasteiger partial charge in [0.05, 0.1) is 89.7 Å². The average molecular weight is 1950 g/mol. The van der Waals surface area contributed by atoms with Gasteiger partial charge in [-0.05, 0) is 149 Å². The third-order valence-corrected chi connectivity index (χ3v) is 33.8. The smallest absolute Gasteiger partial charge is 0.269 e. The van der Waals surface area contributed by atoms with Crippen molar-refractivity contribution >= 4 is 76.3 Å². The maximum absolute atomic E-state index is 13.0. The molecular weight excluding hydrogens is 1850 g/mol. The molecule has 0 bridgehead atoms. The summed E-state index contributed by atoms with van der Waals surface area (Å²) in [7, 11) is -21.3. The minimum absolute atomic E-state index is 0.0222. The van der Waals surface area contributed by atoms with Crippen LogP contribution in [0.2, 0.25) is 5.02 Å². The summed E-state index contributed by atoms with van der Waals surface area (Å²) in [6.07, 6.45) is 23.7. The van der Waals surface area contributed by atoms with E-state index in [1.165, 1.54) is 128 Å². The number of nitro groups is 1. The first-order valence-electron chi connectivity index (χ1n) is 41.1. The molecule has 0 spiro atoms. The zero-order valence-corrected chi connectivity index (χ0v) is 78.6. The fourth-order valence-corrected chi connectivity index (χ4v) is 25.2. The first kappa shape index (κ1) is 108. The number of ether oxygens (including phenoxy) is 1. The Kier molecular flexibility index (Phi) is 41.9. The number of terminal acetylenes is 6. The Morgan fingerprint density at radius 1 is 0.311 bits per heavy atom. The van der Waals surface area contributed by atoms with Gasteiger partial charge in [-0.1, -0.05) is 229 Å². The summed E-state index contributed by atoms with van der Waals surface area (Å²) in [6, 6.07) is 89.7.